The number of fused-ring (bicyclic) bond motifs is 1. The number of nitrogens with zero attached hydrogens (tertiary/aromatic N) is 3. The lowest BCUT2D eigenvalue weighted by Crippen LogP contribution is -2.17. The van der Waals surface area contributed by atoms with E-state index in [4.69, 9.17) is 5.73 Å². The lowest BCUT2D eigenvalue weighted by atomic mass is 10.1. The molecule has 0 aliphatic rings. The van der Waals surface area contributed by atoms with Crippen molar-refractivity contribution in [1.29, 1.82) is 0 Å². The van der Waals surface area contributed by atoms with E-state index in [0.717, 1.165) is 22.2 Å². The van der Waals surface area contributed by atoms with E-state index in [2.05, 4.69) is 27.1 Å². The molecule has 3 rings (SSSR count). The Morgan fingerprint density at radius 3 is 2.60 bits per heavy atom. The van der Waals surface area contributed by atoms with Gasteiger partial charge in [-0.1, -0.05) is 24.3 Å². The third-order valence-electron chi connectivity index (χ3n) is 3.22. The zero-order valence-corrected chi connectivity index (χ0v) is 11.3. The van der Waals surface area contributed by atoms with E-state index in [1.807, 2.05) is 31.2 Å². The summed E-state index contributed by atoms with van der Waals surface area (Å²) in [5, 5.41) is 1.14. The zero-order valence-electron chi connectivity index (χ0n) is 11.3. The fraction of sp³-hybridized carbons (Fsp3) is 0.188. The Balaban J connectivity index is 1.83. The normalized spacial score (nSPS) is 12.5. The molecule has 4 heteroatoms. The molecule has 0 aliphatic carbocycles. The van der Waals surface area contributed by atoms with Gasteiger partial charge in [-0.25, -0.2) is 9.97 Å². The summed E-state index contributed by atoms with van der Waals surface area (Å²) in [7, 11) is 0. The number of benzene rings is 1. The number of hydrogen-bond donors (Lipinski definition) is 1. The molecule has 1 aromatic carbocycles. The summed E-state index contributed by atoms with van der Waals surface area (Å²) in [6, 6.07) is 11.9. The van der Waals surface area contributed by atoms with Crippen LogP contribution in [-0.2, 0) is 6.42 Å². The van der Waals surface area contributed by atoms with E-state index in [0.29, 0.717) is 12.2 Å². The summed E-state index contributed by atoms with van der Waals surface area (Å²) < 4.78 is 0. The van der Waals surface area contributed by atoms with Gasteiger partial charge in [0, 0.05) is 29.9 Å². The van der Waals surface area contributed by atoms with E-state index in [-0.39, 0.29) is 6.04 Å². The third kappa shape index (κ3) is 2.65. The molecule has 0 aliphatic heterocycles. The maximum absolute atomic E-state index is 6.16. The second kappa shape index (κ2) is 5.35. The molecule has 2 heterocycles. The van der Waals surface area contributed by atoms with E-state index in [1.54, 1.807) is 12.4 Å². The standard InChI is InChI=1S/C16H16N4/c1-11-9-18-16(19-10-11)14(17)8-13-7-6-12-4-2-3-5-15(12)20-13/h2-7,9-10,14H,8,17H2,1H3. The summed E-state index contributed by atoms with van der Waals surface area (Å²) in [6.45, 7) is 1.96. The number of para-hydroxylation sites is 1. The van der Waals surface area contributed by atoms with Gasteiger partial charge >= 0.3 is 0 Å². The average molecular weight is 264 g/mol. The van der Waals surface area contributed by atoms with Crippen LogP contribution in [0.15, 0.2) is 48.8 Å². The van der Waals surface area contributed by atoms with Crippen LogP contribution in [0.2, 0.25) is 0 Å². The van der Waals surface area contributed by atoms with Gasteiger partial charge in [0.15, 0.2) is 0 Å². The second-order valence-corrected chi connectivity index (χ2v) is 4.92. The van der Waals surface area contributed by atoms with Crippen LogP contribution < -0.4 is 5.73 Å². The maximum Gasteiger partial charge on any atom is 0.145 e. The van der Waals surface area contributed by atoms with Crippen LogP contribution in [0.3, 0.4) is 0 Å². The molecule has 0 spiro atoms. The van der Waals surface area contributed by atoms with Gasteiger partial charge in [-0.3, -0.25) is 4.98 Å². The highest BCUT2D eigenvalue weighted by atomic mass is 14.9. The van der Waals surface area contributed by atoms with Gasteiger partial charge in [0.05, 0.1) is 11.6 Å². The monoisotopic (exact) mass is 264 g/mol. The molecule has 2 aromatic heterocycles. The Hall–Kier alpha value is -2.33. The van der Waals surface area contributed by atoms with Gasteiger partial charge in [-0.2, -0.15) is 0 Å². The number of hydrogen-bond acceptors (Lipinski definition) is 4. The molecule has 4 nitrogen and oxygen atoms in total. The van der Waals surface area contributed by atoms with Crippen molar-refractivity contribution in [2.45, 2.75) is 19.4 Å². The fourth-order valence-electron chi connectivity index (χ4n) is 2.13. The first kappa shape index (κ1) is 12.7. The zero-order chi connectivity index (χ0) is 13.9. The first-order valence-corrected chi connectivity index (χ1v) is 6.61. The van der Waals surface area contributed by atoms with Crippen molar-refractivity contribution in [1.82, 2.24) is 15.0 Å². The van der Waals surface area contributed by atoms with Gasteiger partial charge in [-0.15, -0.1) is 0 Å². The number of rotatable bonds is 3. The lowest BCUT2D eigenvalue weighted by Gasteiger charge is -2.10. The highest BCUT2D eigenvalue weighted by Gasteiger charge is 2.11. The van der Waals surface area contributed by atoms with Gasteiger partial charge < -0.3 is 5.73 Å². The van der Waals surface area contributed by atoms with E-state index in [1.165, 1.54) is 0 Å². The Labute approximate surface area is 117 Å². The molecule has 0 amide bonds. The smallest absolute Gasteiger partial charge is 0.145 e. The predicted octanol–water partition coefficient (Wildman–Crippen LogP) is 2.58. The van der Waals surface area contributed by atoms with Crippen molar-refractivity contribution in [3.8, 4) is 0 Å². The quantitative estimate of drug-likeness (QED) is 0.789. The van der Waals surface area contributed by atoms with Crippen molar-refractivity contribution in [2.75, 3.05) is 0 Å². The largest absolute Gasteiger partial charge is 0.321 e. The molecule has 1 atom stereocenters. The Morgan fingerprint density at radius 2 is 1.80 bits per heavy atom. The van der Waals surface area contributed by atoms with E-state index in [9.17, 15) is 0 Å². The Kier molecular flexibility index (Phi) is 3.39. The summed E-state index contributed by atoms with van der Waals surface area (Å²) in [5.74, 6) is 0.658. The third-order valence-corrected chi connectivity index (χ3v) is 3.22. The number of aromatic nitrogens is 3. The molecule has 20 heavy (non-hydrogen) atoms. The average Bonchev–Trinajstić information content (AvgIpc) is 2.48. The predicted molar refractivity (Wildman–Crippen MR) is 79.1 cm³/mol. The highest BCUT2D eigenvalue weighted by molar-refractivity contribution is 5.78. The molecule has 3 aromatic rings. The molecular formula is C16H16N4. The summed E-state index contributed by atoms with van der Waals surface area (Å²) in [5.41, 5.74) is 9.14. The van der Waals surface area contributed by atoms with Crippen molar-refractivity contribution >= 4 is 10.9 Å². The minimum atomic E-state index is -0.232. The van der Waals surface area contributed by atoms with Crippen LogP contribution in [0.5, 0.6) is 0 Å². The molecule has 0 bridgehead atoms. The van der Waals surface area contributed by atoms with Crippen molar-refractivity contribution in [3.05, 3.63) is 65.9 Å². The lowest BCUT2D eigenvalue weighted by molar-refractivity contribution is 0.656. The Morgan fingerprint density at radius 1 is 1.05 bits per heavy atom. The molecule has 0 radical (unpaired) electrons. The first-order chi connectivity index (χ1) is 9.72. The summed E-state index contributed by atoms with van der Waals surface area (Å²) in [4.78, 5) is 13.2. The highest BCUT2D eigenvalue weighted by Crippen LogP contribution is 2.15. The maximum atomic E-state index is 6.16. The van der Waals surface area contributed by atoms with Crippen molar-refractivity contribution < 1.29 is 0 Å². The summed E-state index contributed by atoms with van der Waals surface area (Å²) in [6.07, 6.45) is 4.21. The molecule has 1 unspecified atom stereocenters. The number of pyridine rings is 1. The van der Waals surface area contributed by atoms with Crippen LogP contribution >= 0.6 is 0 Å². The van der Waals surface area contributed by atoms with Crippen LogP contribution in [0.25, 0.3) is 10.9 Å². The Bertz CT molecular complexity index is 722. The van der Waals surface area contributed by atoms with Crippen LogP contribution in [0.1, 0.15) is 23.1 Å². The van der Waals surface area contributed by atoms with Gasteiger partial charge in [0.25, 0.3) is 0 Å². The second-order valence-electron chi connectivity index (χ2n) is 4.92. The van der Waals surface area contributed by atoms with Crippen LogP contribution in [-0.4, -0.2) is 15.0 Å². The minimum Gasteiger partial charge on any atom is -0.321 e. The fourth-order valence-corrected chi connectivity index (χ4v) is 2.13. The molecule has 0 saturated carbocycles. The van der Waals surface area contributed by atoms with Gasteiger partial charge in [-0.05, 0) is 24.6 Å². The topological polar surface area (TPSA) is 64.7 Å². The molecule has 2 N–H and O–H groups in total. The minimum absolute atomic E-state index is 0.232. The van der Waals surface area contributed by atoms with Crippen LogP contribution in [0, 0.1) is 6.92 Å². The molecule has 100 valence electrons. The van der Waals surface area contributed by atoms with Crippen LogP contribution in [0.4, 0.5) is 0 Å². The van der Waals surface area contributed by atoms with E-state index < -0.39 is 0 Å². The van der Waals surface area contributed by atoms with Crippen molar-refractivity contribution in [2.24, 2.45) is 5.73 Å². The van der Waals surface area contributed by atoms with Gasteiger partial charge in [0.2, 0.25) is 0 Å². The SMILES string of the molecule is Cc1cnc(C(N)Cc2ccc3ccccc3n2)nc1. The van der Waals surface area contributed by atoms with Crippen molar-refractivity contribution in [3.63, 3.8) is 0 Å². The van der Waals surface area contributed by atoms with E-state index >= 15 is 0 Å². The molecule has 0 fully saturated rings. The molecular weight excluding hydrogens is 248 g/mol. The van der Waals surface area contributed by atoms with Gasteiger partial charge in [0.1, 0.15) is 5.82 Å². The summed E-state index contributed by atoms with van der Waals surface area (Å²) >= 11 is 0. The number of aryl methyl sites for hydroxylation is 1. The number of nitrogens with two attached hydrogens (primary N) is 1. The first-order valence-electron chi connectivity index (χ1n) is 6.61. The molecule has 0 saturated heterocycles.